The molecule has 0 bridgehead atoms. The standard InChI is InChI=1S/C43H50N2O17S/c1-19-15-20(2)33(21(3)16-19)34-29-13-11-12-14-30(29)41(45-44-34)63-43-40(59-28(10)52)38(57-26(8)50)36(32(61-43)18-54-23(5)47)62-42-39(58-27(9)51)37(56-25(7)49)35(55-24(6)48)31(60-42)17-53-22(4)46/h11-16,31-32,35-40,42-43H,17-18H2,1-10H3/t31-,32-,35+,36-,37+,38+,39-,40-,42+,43+/m1/s1. The highest BCUT2D eigenvalue weighted by Crippen LogP contribution is 2.42. The summed E-state index contributed by atoms with van der Waals surface area (Å²) in [6.07, 6.45) is -14.1. The van der Waals surface area contributed by atoms with Gasteiger partial charge < -0.3 is 47.4 Å². The molecule has 0 unspecified atom stereocenters. The molecular weight excluding hydrogens is 849 g/mol. The van der Waals surface area contributed by atoms with Crippen LogP contribution in [0.15, 0.2) is 41.4 Å². The first kappa shape index (κ1) is 48.3. The zero-order chi connectivity index (χ0) is 46.3. The Balaban J connectivity index is 1.62. The lowest BCUT2D eigenvalue weighted by Crippen LogP contribution is -2.66. The molecule has 19 nitrogen and oxygen atoms in total. The van der Waals surface area contributed by atoms with Crippen molar-refractivity contribution in [2.24, 2.45) is 0 Å². The average molecular weight is 899 g/mol. The molecule has 2 aliphatic rings. The lowest BCUT2D eigenvalue weighted by atomic mass is 9.95. The first-order chi connectivity index (χ1) is 29.7. The summed E-state index contributed by atoms with van der Waals surface area (Å²) < 4.78 is 58.1. The largest absolute Gasteiger partial charge is 0.463 e. The van der Waals surface area contributed by atoms with E-state index in [0.29, 0.717) is 16.1 Å². The Hall–Kier alpha value is -5.70. The minimum Gasteiger partial charge on any atom is -0.463 e. The minimum atomic E-state index is -1.81. The van der Waals surface area contributed by atoms with Crippen LogP contribution in [0.25, 0.3) is 22.0 Å². The molecule has 20 heteroatoms. The molecule has 2 aromatic carbocycles. The number of rotatable bonds is 14. The smallest absolute Gasteiger partial charge is 0.303 e. The molecule has 5 rings (SSSR count). The number of benzene rings is 2. The number of fused-ring (bicyclic) bond motifs is 1. The molecule has 2 saturated heterocycles. The van der Waals surface area contributed by atoms with E-state index in [1.165, 1.54) is 0 Å². The van der Waals surface area contributed by atoms with Gasteiger partial charge in [-0.25, -0.2) is 0 Å². The Morgan fingerprint density at radius 2 is 1.02 bits per heavy atom. The van der Waals surface area contributed by atoms with Crippen molar-refractivity contribution in [1.82, 2.24) is 10.2 Å². The summed E-state index contributed by atoms with van der Waals surface area (Å²) in [5.74, 6) is -5.81. The van der Waals surface area contributed by atoms with Crippen LogP contribution in [0.3, 0.4) is 0 Å². The van der Waals surface area contributed by atoms with Crippen LogP contribution < -0.4 is 0 Å². The number of esters is 7. The van der Waals surface area contributed by atoms with Gasteiger partial charge >= 0.3 is 41.8 Å². The number of carbonyl (C=O) groups excluding carboxylic acids is 7. The molecule has 63 heavy (non-hydrogen) atoms. The molecule has 0 aliphatic carbocycles. The molecule has 0 amide bonds. The van der Waals surface area contributed by atoms with Gasteiger partial charge in [0.15, 0.2) is 42.2 Å². The molecule has 2 fully saturated rings. The number of aromatic nitrogens is 2. The van der Waals surface area contributed by atoms with Gasteiger partial charge in [-0.2, -0.15) is 0 Å². The van der Waals surface area contributed by atoms with Gasteiger partial charge in [0.25, 0.3) is 0 Å². The Labute approximate surface area is 367 Å². The summed E-state index contributed by atoms with van der Waals surface area (Å²) in [6.45, 7) is 12.5. The molecule has 2 aliphatic heterocycles. The van der Waals surface area contributed by atoms with Crippen molar-refractivity contribution in [1.29, 1.82) is 0 Å². The highest BCUT2D eigenvalue weighted by atomic mass is 32.2. The quantitative estimate of drug-likeness (QED) is 0.165. The number of hydrogen-bond donors (Lipinski definition) is 0. The van der Waals surface area contributed by atoms with Crippen molar-refractivity contribution in [2.45, 2.75) is 135 Å². The predicted molar refractivity (Wildman–Crippen MR) is 218 cm³/mol. The zero-order valence-corrected chi connectivity index (χ0v) is 37.2. The third-order valence-electron chi connectivity index (χ3n) is 9.68. The lowest BCUT2D eigenvalue weighted by molar-refractivity contribution is -0.341. The number of nitrogens with zero attached hydrogens (tertiary/aromatic N) is 2. The zero-order valence-electron chi connectivity index (χ0n) is 36.4. The van der Waals surface area contributed by atoms with E-state index in [4.69, 9.17) is 47.4 Å². The van der Waals surface area contributed by atoms with E-state index >= 15 is 0 Å². The van der Waals surface area contributed by atoms with Crippen LogP contribution in [0, 0.1) is 20.8 Å². The minimum absolute atomic E-state index is 0.339. The lowest BCUT2D eigenvalue weighted by Gasteiger charge is -2.48. The van der Waals surface area contributed by atoms with Gasteiger partial charge in [-0.3, -0.25) is 33.6 Å². The van der Waals surface area contributed by atoms with Crippen LogP contribution in [-0.2, 0) is 80.9 Å². The van der Waals surface area contributed by atoms with Gasteiger partial charge in [-0.1, -0.05) is 53.7 Å². The van der Waals surface area contributed by atoms with E-state index < -0.39 is 116 Å². The highest BCUT2D eigenvalue weighted by Gasteiger charge is 2.57. The maximum atomic E-state index is 12.9. The second kappa shape index (κ2) is 21.1. The third kappa shape index (κ3) is 12.3. The molecule has 10 atom stereocenters. The van der Waals surface area contributed by atoms with E-state index in [1.807, 2.05) is 45.0 Å². The van der Waals surface area contributed by atoms with Crippen LogP contribution >= 0.6 is 11.8 Å². The van der Waals surface area contributed by atoms with Crippen LogP contribution in [0.5, 0.6) is 0 Å². The second-order valence-corrected chi connectivity index (χ2v) is 16.0. The van der Waals surface area contributed by atoms with Gasteiger partial charge in [0, 0.05) is 64.8 Å². The normalized spacial score (nSPS) is 25.6. The van der Waals surface area contributed by atoms with Crippen molar-refractivity contribution >= 4 is 64.3 Å². The van der Waals surface area contributed by atoms with Gasteiger partial charge in [0.05, 0.1) is 0 Å². The van der Waals surface area contributed by atoms with Crippen LogP contribution in [0.4, 0.5) is 0 Å². The van der Waals surface area contributed by atoms with Crippen molar-refractivity contribution in [3.8, 4) is 11.3 Å². The van der Waals surface area contributed by atoms with Crippen molar-refractivity contribution in [2.75, 3.05) is 13.2 Å². The van der Waals surface area contributed by atoms with E-state index in [2.05, 4.69) is 22.3 Å². The molecule has 1 aromatic heterocycles. The monoisotopic (exact) mass is 898 g/mol. The summed E-state index contributed by atoms with van der Waals surface area (Å²) in [6, 6.07) is 11.5. The number of aryl methyl sites for hydroxylation is 3. The number of hydrogen-bond acceptors (Lipinski definition) is 20. The fourth-order valence-corrected chi connectivity index (χ4v) is 8.74. The topological polar surface area (TPSA) is 238 Å². The molecular formula is C43H50N2O17S. The SMILES string of the molecule is CC(=O)OC[C@H]1O[C@@H](O[C@H]2[C@H](OC(C)=O)[C@@H](OC(C)=O)[C@H](Sc3nnc(-c4c(C)cc(C)cc4C)c4ccccc34)O[C@@H]2COC(C)=O)[C@H](OC(C)=O)[C@@H](OC(C)=O)[C@H]1OC(C)=O. The second-order valence-electron chi connectivity index (χ2n) is 15.0. The summed E-state index contributed by atoms with van der Waals surface area (Å²) >= 11 is 0.992. The Morgan fingerprint density at radius 1 is 0.556 bits per heavy atom. The van der Waals surface area contributed by atoms with Gasteiger partial charge in [-0.05, 0) is 31.9 Å². The van der Waals surface area contributed by atoms with Crippen molar-refractivity contribution < 1.29 is 80.9 Å². The average Bonchev–Trinajstić information content (AvgIpc) is 3.17. The molecule has 0 saturated carbocycles. The first-order valence-corrected chi connectivity index (χ1v) is 20.7. The van der Waals surface area contributed by atoms with E-state index in [1.54, 1.807) is 0 Å². The van der Waals surface area contributed by atoms with Gasteiger partial charge in [0.1, 0.15) is 42.2 Å². The maximum Gasteiger partial charge on any atom is 0.303 e. The fraction of sp³-hybridized carbons (Fsp3) is 0.512. The third-order valence-corrected chi connectivity index (χ3v) is 10.8. The van der Waals surface area contributed by atoms with Crippen LogP contribution in [-0.4, -0.2) is 126 Å². The summed E-state index contributed by atoms with van der Waals surface area (Å²) in [7, 11) is 0. The maximum absolute atomic E-state index is 12.9. The number of carbonyl (C=O) groups is 7. The Bertz CT molecular complexity index is 2210. The van der Waals surface area contributed by atoms with Gasteiger partial charge in [0.2, 0.25) is 0 Å². The van der Waals surface area contributed by atoms with E-state index in [0.717, 1.165) is 87.9 Å². The fourth-order valence-electron chi connectivity index (χ4n) is 7.58. The number of thioether (sulfide) groups is 1. The van der Waals surface area contributed by atoms with Crippen molar-refractivity contribution in [3.05, 3.63) is 53.1 Å². The predicted octanol–water partition coefficient (Wildman–Crippen LogP) is 3.93. The van der Waals surface area contributed by atoms with Crippen LogP contribution in [0.2, 0.25) is 0 Å². The summed E-state index contributed by atoms with van der Waals surface area (Å²) in [4.78, 5) is 87.5. The van der Waals surface area contributed by atoms with E-state index in [9.17, 15) is 33.6 Å². The first-order valence-electron chi connectivity index (χ1n) is 19.8. The number of ether oxygens (including phenoxy) is 10. The molecule has 0 N–H and O–H groups in total. The molecule has 0 spiro atoms. The van der Waals surface area contributed by atoms with E-state index in [-0.39, 0.29) is 0 Å². The molecule has 0 radical (unpaired) electrons. The molecule has 3 aromatic rings. The Morgan fingerprint density at radius 3 is 1.54 bits per heavy atom. The van der Waals surface area contributed by atoms with Crippen molar-refractivity contribution in [3.63, 3.8) is 0 Å². The highest BCUT2D eigenvalue weighted by molar-refractivity contribution is 8.00. The molecule has 3 heterocycles. The van der Waals surface area contributed by atoms with Crippen LogP contribution in [0.1, 0.15) is 65.2 Å². The summed E-state index contributed by atoms with van der Waals surface area (Å²) in [5.41, 5.74) is 3.38. The summed E-state index contributed by atoms with van der Waals surface area (Å²) in [5, 5.41) is 11.0. The molecule has 340 valence electrons. The Kier molecular flexibility index (Phi) is 16.2. The van der Waals surface area contributed by atoms with Gasteiger partial charge in [-0.15, -0.1) is 10.2 Å².